The molecule has 0 aliphatic heterocycles. The molecule has 0 saturated heterocycles. The van der Waals surface area contributed by atoms with Gasteiger partial charge >= 0.3 is 0 Å². The Morgan fingerprint density at radius 3 is 2.34 bits per heavy atom. The van der Waals surface area contributed by atoms with E-state index < -0.39 is 11.9 Å². The molecule has 0 fully saturated rings. The highest BCUT2D eigenvalue weighted by Gasteiger charge is 2.30. The number of nitrogens with zero attached hydrogens (tertiary/aromatic N) is 1. The van der Waals surface area contributed by atoms with Crippen molar-refractivity contribution >= 4 is 35.0 Å². The summed E-state index contributed by atoms with van der Waals surface area (Å²) in [5.41, 5.74) is 1.92. The number of rotatable bonds is 11. The SMILES string of the molecule is CCCCNC(=O)C(Cc1ccccc1)N(Cc1ccc(Cl)c(Cl)c1)C(=O)Cc1ccccc1F. The van der Waals surface area contributed by atoms with Crippen LogP contribution in [0.4, 0.5) is 4.39 Å². The van der Waals surface area contributed by atoms with Gasteiger partial charge < -0.3 is 10.2 Å². The van der Waals surface area contributed by atoms with Gasteiger partial charge in [0.15, 0.2) is 0 Å². The van der Waals surface area contributed by atoms with Gasteiger partial charge in [0.05, 0.1) is 16.5 Å². The Morgan fingerprint density at radius 1 is 0.943 bits per heavy atom. The summed E-state index contributed by atoms with van der Waals surface area (Å²) in [5.74, 6) is -1.06. The Kier molecular flexibility index (Phi) is 10.1. The number of hydrogen-bond donors (Lipinski definition) is 1. The fraction of sp³-hybridized carbons (Fsp3) is 0.286. The van der Waals surface area contributed by atoms with Crippen molar-refractivity contribution in [3.05, 3.63) is 105 Å². The minimum Gasteiger partial charge on any atom is -0.354 e. The molecular formula is C28H29Cl2FN2O2. The summed E-state index contributed by atoms with van der Waals surface area (Å²) in [6, 6.07) is 20.0. The van der Waals surface area contributed by atoms with Gasteiger partial charge in [-0.1, -0.05) is 91.1 Å². The molecule has 3 rings (SSSR count). The lowest BCUT2D eigenvalue weighted by Crippen LogP contribution is -2.51. The molecule has 1 atom stereocenters. The topological polar surface area (TPSA) is 49.4 Å². The molecule has 184 valence electrons. The van der Waals surface area contributed by atoms with E-state index in [1.165, 1.54) is 11.0 Å². The molecule has 0 aliphatic rings. The molecule has 35 heavy (non-hydrogen) atoms. The molecule has 0 saturated carbocycles. The van der Waals surface area contributed by atoms with Crippen LogP contribution in [-0.4, -0.2) is 29.3 Å². The molecule has 3 aromatic carbocycles. The van der Waals surface area contributed by atoms with Crippen molar-refractivity contribution in [3.63, 3.8) is 0 Å². The van der Waals surface area contributed by atoms with Gasteiger partial charge in [-0.15, -0.1) is 0 Å². The highest BCUT2D eigenvalue weighted by molar-refractivity contribution is 6.42. The van der Waals surface area contributed by atoms with Crippen molar-refractivity contribution < 1.29 is 14.0 Å². The van der Waals surface area contributed by atoms with Crippen molar-refractivity contribution in [1.82, 2.24) is 10.2 Å². The van der Waals surface area contributed by atoms with E-state index in [-0.39, 0.29) is 30.3 Å². The summed E-state index contributed by atoms with van der Waals surface area (Å²) in [6.07, 6.45) is 1.92. The summed E-state index contributed by atoms with van der Waals surface area (Å²) in [7, 11) is 0. The molecule has 0 aromatic heterocycles. The number of halogens is 3. The van der Waals surface area contributed by atoms with Crippen LogP contribution in [0.5, 0.6) is 0 Å². The van der Waals surface area contributed by atoms with Gasteiger partial charge in [0, 0.05) is 19.5 Å². The number of hydrogen-bond acceptors (Lipinski definition) is 2. The molecule has 1 unspecified atom stereocenters. The minimum atomic E-state index is -0.789. The van der Waals surface area contributed by atoms with Gasteiger partial charge in [-0.3, -0.25) is 9.59 Å². The Balaban J connectivity index is 1.97. The molecule has 1 N–H and O–H groups in total. The zero-order valence-electron chi connectivity index (χ0n) is 19.6. The smallest absolute Gasteiger partial charge is 0.243 e. The third-order valence-electron chi connectivity index (χ3n) is 5.74. The maximum Gasteiger partial charge on any atom is 0.243 e. The second-order valence-corrected chi connectivity index (χ2v) is 9.20. The van der Waals surface area contributed by atoms with Gasteiger partial charge in [-0.2, -0.15) is 0 Å². The van der Waals surface area contributed by atoms with Gasteiger partial charge in [0.1, 0.15) is 11.9 Å². The first-order chi connectivity index (χ1) is 16.9. The van der Waals surface area contributed by atoms with E-state index >= 15 is 0 Å². The monoisotopic (exact) mass is 514 g/mol. The van der Waals surface area contributed by atoms with E-state index in [4.69, 9.17) is 23.2 Å². The van der Waals surface area contributed by atoms with Crippen LogP contribution in [0.2, 0.25) is 10.0 Å². The Labute approximate surface area is 216 Å². The minimum absolute atomic E-state index is 0.128. The summed E-state index contributed by atoms with van der Waals surface area (Å²) in [4.78, 5) is 28.5. The highest BCUT2D eigenvalue weighted by atomic mass is 35.5. The molecule has 0 bridgehead atoms. The highest BCUT2D eigenvalue weighted by Crippen LogP contribution is 2.25. The molecule has 7 heteroatoms. The first-order valence-electron chi connectivity index (χ1n) is 11.7. The van der Waals surface area contributed by atoms with Gasteiger partial charge in [0.2, 0.25) is 11.8 Å². The summed E-state index contributed by atoms with van der Waals surface area (Å²) < 4.78 is 14.4. The molecule has 0 spiro atoms. The number of amides is 2. The fourth-order valence-electron chi connectivity index (χ4n) is 3.80. The van der Waals surface area contributed by atoms with Crippen LogP contribution in [-0.2, 0) is 29.0 Å². The van der Waals surface area contributed by atoms with E-state index in [2.05, 4.69) is 5.32 Å². The number of carbonyl (C=O) groups is 2. The van der Waals surface area contributed by atoms with Crippen LogP contribution < -0.4 is 5.32 Å². The van der Waals surface area contributed by atoms with Crippen LogP contribution in [0.25, 0.3) is 0 Å². The Morgan fingerprint density at radius 2 is 1.66 bits per heavy atom. The molecule has 0 heterocycles. The van der Waals surface area contributed by atoms with Gasteiger partial charge in [-0.05, 0) is 41.3 Å². The predicted molar refractivity (Wildman–Crippen MR) is 139 cm³/mol. The van der Waals surface area contributed by atoms with E-state index in [1.807, 2.05) is 37.3 Å². The van der Waals surface area contributed by atoms with E-state index in [9.17, 15) is 14.0 Å². The quantitative estimate of drug-likeness (QED) is 0.308. The molecule has 4 nitrogen and oxygen atoms in total. The van der Waals surface area contributed by atoms with Crippen LogP contribution in [0.1, 0.15) is 36.5 Å². The molecule has 0 aliphatic carbocycles. The van der Waals surface area contributed by atoms with Crippen molar-refractivity contribution in [3.8, 4) is 0 Å². The van der Waals surface area contributed by atoms with Gasteiger partial charge in [-0.25, -0.2) is 4.39 Å². The zero-order chi connectivity index (χ0) is 25.2. The standard InChI is InChI=1S/C28H29Cl2FN2O2/c1-2-3-15-32-28(35)26(17-20-9-5-4-6-10-20)33(19-21-13-14-23(29)24(30)16-21)27(34)18-22-11-7-8-12-25(22)31/h4-14,16,26H,2-3,15,17-19H2,1H3,(H,32,35). The molecule has 2 amide bonds. The lowest BCUT2D eigenvalue weighted by molar-refractivity contribution is -0.140. The number of nitrogens with one attached hydrogen (secondary N) is 1. The average molecular weight is 515 g/mol. The van der Waals surface area contributed by atoms with Crippen LogP contribution in [0, 0.1) is 5.82 Å². The van der Waals surface area contributed by atoms with E-state index in [0.717, 1.165) is 24.0 Å². The normalized spacial score (nSPS) is 11.7. The van der Waals surface area contributed by atoms with Crippen molar-refractivity contribution in [2.75, 3.05) is 6.54 Å². The van der Waals surface area contributed by atoms with Crippen molar-refractivity contribution in [1.29, 1.82) is 0 Å². The second kappa shape index (κ2) is 13.3. The Bertz CT molecular complexity index is 1140. The first kappa shape index (κ1) is 26.7. The zero-order valence-corrected chi connectivity index (χ0v) is 21.2. The summed E-state index contributed by atoms with van der Waals surface area (Å²) in [5, 5.41) is 3.73. The van der Waals surface area contributed by atoms with Crippen LogP contribution in [0.15, 0.2) is 72.8 Å². The molecular weight excluding hydrogens is 486 g/mol. The maximum atomic E-state index is 14.4. The summed E-state index contributed by atoms with van der Waals surface area (Å²) in [6.45, 7) is 2.69. The first-order valence-corrected chi connectivity index (χ1v) is 12.4. The third-order valence-corrected chi connectivity index (χ3v) is 6.48. The lowest BCUT2D eigenvalue weighted by atomic mass is 10.0. The molecule has 3 aromatic rings. The van der Waals surface area contributed by atoms with Gasteiger partial charge in [0.25, 0.3) is 0 Å². The number of unbranched alkanes of at least 4 members (excludes halogenated alkanes) is 1. The number of benzene rings is 3. The Hall–Kier alpha value is -2.89. The average Bonchev–Trinajstić information content (AvgIpc) is 2.85. The van der Waals surface area contributed by atoms with E-state index in [0.29, 0.717) is 23.0 Å². The lowest BCUT2D eigenvalue weighted by Gasteiger charge is -2.32. The van der Waals surface area contributed by atoms with Crippen molar-refractivity contribution in [2.45, 2.75) is 45.2 Å². The number of carbonyl (C=O) groups excluding carboxylic acids is 2. The van der Waals surface area contributed by atoms with Crippen LogP contribution >= 0.6 is 23.2 Å². The fourth-order valence-corrected chi connectivity index (χ4v) is 4.12. The maximum absolute atomic E-state index is 14.4. The summed E-state index contributed by atoms with van der Waals surface area (Å²) >= 11 is 12.3. The third kappa shape index (κ3) is 7.81. The second-order valence-electron chi connectivity index (χ2n) is 8.39. The van der Waals surface area contributed by atoms with Crippen molar-refractivity contribution in [2.24, 2.45) is 0 Å². The van der Waals surface area contributed by atoms with Crippen LogP contribution in [0.3, 0.4) is 0 Å². The van der Waals surface area contributed by atoms with E-state index in [1.54, 1.807) is 36.4 Å². The molecule has 0 radical (unpaired) electrons. The predicted octanol–water partition coefficient (Wildman–Crippen LogP) is 6.23. The largest absolute Gasteiger partial charge is 0.354 e.